The fraction of sp³-hybridized carbons (Fsp3) is 0.714. The second-order valence-electron chi connectivity index (χ2n) is 2.30. The third-order valence-electron chi connectivity index (χ3n) is 1.80. The smallest absolute Gasteiger partial charge is 0.0205 e. The van der Waals surface area contributed by atoms with E-state index >= 15 is 0 Å². The fourth-order valence-electron chi connectivity index (χ4n) is 1.03. The highest BCUT2D eigenvalue weighted by atomic mass is 14.4. The van der Waals surface area contributed by atoms with E-state index in [1.165, 1.54) is 12.8 Å². The molecule has 0 nitrogen and oxygen atoms in total. The maximum absolute atomic E-state index is 3.72. The van der Waals surface area contributed by atoms with E-state index in [-0.39, 0.29) is 0 Å². The van der Waals surface area contributed by atoms with Crippen LogP contribution in [0.25, 0.3) is 0 Å². The van der Waals surface area contributed by atoms with E-state index in [0.29, 0.717) is 0 Å². The first-order valence-corrected chi connectivity index (χ1v) is 3.01. The Labute approximate surface area is 45.2 Å². The van der Waals surface area contributed by atoms with Crippen LogP contribution in [0.4, 0.5) is 0 Å². The molecule has 0 aromatic carbocycles. The van der Waals surface area contributed by atoms with Crippen molar-refractivity contribution in [3.8, 4) is 0 Å². The van der Waals surface area contributed by atoms with Crippen molar-refractivity contribution >= 4 is 0 Å². The molecule has 1 rings (SSSR count). The molecule has 2 atom stereocenters. The van der Waals surface area contributed by atoms with Gasteiger partial charge in [0.05, 0.1) is 0 Å². The summed E-state index contributed by atoms with van der Waals surface area (Å²) in [6, 6.07) is 0. The summed E-state index contributed by atoms with van der Waals surface area (Å²) in [6.07, 6.45) is 4.82. The van der Waals surface area contributed by atoms with E-state index in [2.05, 4.69) is 19.6 Å². The molecule has 0 saturated heterocycles. The lowest BCUT2D eigenvalue weighted by Crippen LogP contribution is -1.70. The Hall–Kier alpha value is -0.260. The van der Waals surface area contributed by atoms with Crippen LogP contribution in [0, 0.1) is 11.8 Å². The van der Waals surface area contributed by atoms with Gasteiger partial charge in [0.25, 0.3) is 0 Å². The lowest BCUT2D eigenvalue weighted by atomic mass is 10.2. The van der Waals surface area contributed by atoms with Gasteiger partial charge in [-0.2, -0.15) is 0 Å². The molecule has 0 aromatic rings. The van der Waals surface area contributed by atoms with Crippen molar-refractivity contribution < 1.29 is 0 Å². The zero-order chi connectivity index (χ0) is 5.28. The van der Waals surface area contributed by atoms with Crippen LogP contribution in [-0.4, -0.2) is 0 Å². The molecule has 0 heterocycles. The summed E-state index contributed by atoms with van der Waals surface area (Å²) in [5.74, 6) is 1.88. The van der Waals surface area contributed by atoms with Crippen LogP contribution in [0.3, 0.4) is 0 Å². The van der Waals surface area contributed by atoms with Crippen LogP contribution in [0.2, 0.25) is 0 Å². The topological polar surface area (TPSA) is 0 Å². The van der Waals surface area contributed by atoms with Gasteiger partial charge in [0.2, 0.25) is 0 Å². The van der Waals surface area contributed by atoms with Gasteiger partial charge in [0, 0.05) is 0 Å². The largest absolute Gasteiger partial charge is 0.103 e. The molecule has 1 aliphatic rings. The van der Waals surface area contributed by atoms with Crippen molar-refractivity contribution in [3.63, 3.8) is 0 Å². The molecule has 0 spiro atoms. The van der Waals surface area contributed by atoms with Crippen LogP contribution in [0.15, 0.2) is 12.7 Å². The van der Waals surface area contributed by atoms with Gasteiger partial charge in [-0.3, -0.25) is 0 Å². The molecular formula is C7H12. The molecule has 7 heavy (non-hydrogen) atoms. The molecule has 0 heteroatoms. The molecule has 0 N–H and O–H groups in total. The molecular weight excluding hydrogens is 84.1 g/mol. The summed E-state index contributed by atoms with van der Waals surface area (Å²) < 4.78 is 0. The van der Waals surface area contributed by atoms with Crippen LogP contribution in [0.1, 0.15) is 19.8 Å². The summed E-state index contributed by atoms with van der Waals surface area (Å²) in [5.41, 5.74) is 0. The third-order valence-corrected chi connectivity index (χ3v) is 1.80. The lowest BCUT2D eigenvalue weighted by Gasteiger charge is -1.81. The molecule has 0 radical (unpaired) electrons. The van der Waals surface area contributed by atoms with Gasteiger partial charge in [-0.25, -0.2) is 0 Å². The van der Waals surface area contributed by atoms with Crippen molar-refractivity contribution in [2.24, 2.45) is 11.8 Å². The van der Waals surface area contributed by atoms with Crippen molar-refractivity contribution in [2.45, 2.75) is 19.8 Å². The first-order chi connectivity index (χ1) is 3.38. The van der Waals surface area contributed by atoms with E-state index < -0.39 is 0 Å². The highest BCUT2D eigenvalue weighted by Crippen LogP contribution is 2.41. The zero-order valence-corrected chi connectivity index (χ0v) is 4.85. The summed E-state index contributed by atoms with van der Waals surface area (Å²) in [6.45, 7) is 5.97. The van der Waals surface area contributed by atoms with Gasteiger partial charge in [0.1, 0.15) is 0 Å². The molecule has 0 unspecified atom stereocenters. The molecule has 0 aromatic heterocycles. The molecule has 0 amide bonds. The summed E-state index contributed by atoms with van der Waals surface area (Å²) in [7, 11) is 0. The predicted molar refractivity (Wildman–Crippen MR) is 32.1 cm³/mol. The Balaban J connectivity index is 2.17. The number of rotatable bonds is 2. The van der Waals surface area contributed by atoms with Crippen molar-refractivity contribution in [2.75, 3.05) is 0 Å². The van der Waals surface area contributed by atoms with Gasteiger partial charge in [-0.1, -0.05) is 19.4 Å². The minimum absolute atomic E-state index is 0.880. The van der Waals surface area contributed by atoms with Gasteiger partial charge in [0.15, 0.2) is 0 Å². The van der Waals surface area contributed by atoms with E-state index in [1.807, 2.05) is 0 Å². The Morgan fingerprint density at radius 3 is 2.71 bits per heavy atom. The number of allylic oxidation sites excluding steroid dienone is 1. The van der Waals surface area contributed by atoms with Crippen molar-refractivity contribution in [1.82, 2.24) is 0 Å². The van der Waals surface area contributed by atoms with Crippen LogP contribution in [0.5, 0.6) is 0 Å². The number of hydrogen-bond donors (Lipinski definition) is 0. The lowest BCUT2D eigenvalue weighted by molar-refractivity contribution is 0.756. The van der Waals surface area contributed by atoms with Crippen molar-refractivity contribution in [1.29, 1.82) is 0 Å². The summed E-state index contributed by atoms with van der Waals surface area (Å²) >= 11 is 0. The Bertz CT molecular complexity index is 74.1. The van der Waals surface area contributed by atoms with Crippen LogP contribution < -0.4 is 0 Å². The average Bonchev–Trinajstić information content (AvgIpc) is 2.43. The fourth-order valence-corrected chi connectivity index (χ4v) is 1.03. The minimum Gasteiger partial charge on any atom is -0.103 e. The van der Waals surface area contributed by atoms with E-state index in [0.717, 1.165) is 11.8 Å². The van der Waals surface area contributed by atoms with E-state index in [9.17, 15) is 0 Å². The van der Waals surface area contributed by atoms with E-state index in [4.69, 9.17) is 0 Å². The molecule has 0 aliphatic heterocycles. The predicted octanol–water partition coefficient (Wildman–Crippen LogP) is 2.22. The quantitative estimate of drug-likeness (QED) is 0.462. The molecule has 40 valence electrons. The molecule has 1 fully saturated rings. The zero-order valence-electron chi connectivity index (χ0n) is 4.85. The van der Waals surface area contributed by atoms with Gasteiger partial charge in [-0.15, -0.1) is 6.58 Å². The van der Waals surface area contributed by atoms with Crippen molar-refractivity contribution in [3.05, 3.63) is 12.7 Å². The maximum atomic E-state index is 3.72. The van der Waals surface area contributed by atoms with Gasteiger partial charge >= 0.3 is 0 Å². The third kappa shape index (κ3) is 0.846. The Morgan fingerprint density at radius 2 is 2.57 bits per heavy atom. The van der Waals surface area contributed by atoms with Gasteiger partial charge in [-0.05, 0) is 18.3 Å². The maximum Gasteiger partial charge on any atom is -0.0205 e. The molecule has 1 aliphatic carbocycles. The van der Waals surface area contributed by atoms with Gasteiger partial charge < -0.3 is 0 Å². The van der Waals surface area contributed by atoms with Crippen LogP contribution >= 0.6 is 0 Å². The second kappa shape index (κ2) is 1.69. The van der Waals surface area contributed by atoms with Crippen LogP contribution in [-0.2, 0) is 0 Å². The first kappa shape index (κ1) is 4.89. The standard InChI is InChI=1S/C7H12/c1-3-6-5-7(6)4-2/h3,6-7H,1,4-5H2,2H3/t6-,7+/m1/s1. The summed E-state index contributed by atoms with van der Waals surface area (Å²) in [5, 5.41) is 0. The second-order valence-corrected chi connectivity index (χ2v) is 2.30. The Kier molecular flexibility index (Phi) is 1.18. The SMILES string of the molecule is C=C[C@@H]1C[C@@H]1CC. The Morgan fingerprint density at radius 1 is 1.86 bits per heavy atom. The summed E-state index contributed by atoms with van der Waals surface area (Å²) in [4.78, 5) is 0. The molecule has 0 bridgehead atoms. The number of hydrogen-bond acceptors (Lipinski definition) is 0. The highest BCUT2D eigenvalue weighted by Gasteiger charge is 2.31. The average molecular weight is 96.2 g/mol. The monoisotopic (exact) mass is 96.1 g/mol. The molecule has 1 saturated carbocycles. The van der Waals surface area contributed by atoms with E-state index in [1.54, 1.807) is 0 Å². The normalized spacial score (nSPS) is 37.9. The minimum atomic E-state index is 0.880. The highest BCUT2D eigenvalue weighted by molar-refractivity contribution is 4.96. The first-order valence-electron chi connectivity index (χ1n) is 3.01.